The Kier molecular flexibility index (Phi) is 5.19. The van der Waals surface area contributed by atoms with Crippen LogP contribution in [-0.4, -0.2) is 30.0 Å². The minimum absolute atomic E-state index is 0.233. The van der Waals surface area contributed by atoms with Crippen LogP contribution >= 0.6 is 11.6 Å². The molecule has 3 aromatic rings. The van der Waals surface area contributed by atoms with Gasteiger partial charge in [-0.2, -0.15) is 0 Å². The van der Waals surface area contributed by atoms with Crippen molar-refractivity contribution in [1.29, 1.82) is 0 Å². The van der Waals surface area contributed by atoms with Gasteiger partial charge in [-0.25, -0.2) is 4.98 Å². The molecule has 0 fully saturated rings. The smallest absolute Gasteiger partial charge is 0.258 e. The molecule has 132 valence electrons. The van der Waals surface area contributed by atoms with Crippen molar-refractivity contribution in [3.63, 3.8) is 0 Å². The third kappa shape index (κ3) is 3.83. The first-order chi connectivity index (χ1) is 12.5. The summed E-state index contributed by atoms with van der Waals surface area (Å²) in [5.74, 6) is 0.241. The molecule has 0 aliphatic rings. The highest BCUT2D eigenvalue weighted by Crippen LogP contribution is 2.31. The minimum Gasteiger partial charge on any atom is -0.378 e. The van der Waals surface area contributed by atoms with Crippen molar-refractivity contribution in [3.05, 3.63) is 71.1 Å². The van der Waals surface area contributed by atoms with E-state index < -0.39 is 0 Å². The van der Waals surface area contributed by atoms with E-state index in [0.717, 1.165) is 22.4 Å². The average Bonchev–Trinajstić information content (AvgIpc) is 2.63. The zero-order chi connectivity index (χ0) is 18.7. The van der Waals surface area contributed by atoms with E-state index in [2.05, 4.69) is 15.3 Å². The molecule has 2 aromatic heterocycles. The van der Waals surface area contributed by atoms with Crippen molar-refractivity contribution >= 4 is 29.0 Å². The molecule has 0 saturated carbocycles. The highest BCUT2D eigenvalue weighted by molar-refractivity contribution is 6.33. The SMILES string of the molecule is Cc1ccncc1C(=O)Nc1ccc(-c2cc(N(C)C)ccc2Cl)cn1. The van der Waals surface area contributed by atoms with E-state index in [1.807, 2.05) is 50.2 Å². The van der Waals surface area contributed by atoms with Gasteiger partial charge in [-0.1, -0.05) is 11.6 Å². The molecule has 0 atom stereocenters. The number of hydrogen-bond donors (Lipinski definition) is 1. The fourth-order valence-corrected chi connectivity index (χ4v) is 2.75. The number of rotatable bonds is 4. The Bertz CT molecular complexity index is 939. The Morgan fingerprint density at radius 1 is 1.12 bits per heavy atom. The van der Waals surface area contributed by atoms with Gasteiger partial charge >= 0.3 is 0 Å². The van der Waals surface area contributed by atoms with Crippen LogP contribution in [0.5, 0.6) is 0 Å². The number of benzene rings is 1. The first-order valence-corrected chi connectivity index (χ1v) is 8.49. The number of hydrogen-bond acceptors (Lipinski definition) is 4. The zero-order valence-electron chi connectivity index (χ0n) is 14.8. The standard InChI is InChI=1S/C20H19ClN4O/c1-13-8-9-22-12-17(13)20(26)24-19-7-4-14(11-23-19)16-10-15(25(2)3)5-6-18(16)21/h4-12H,1-3H3,(H,23,24,26). The molecular weight excluding hydrogens is 348 g/mol. The van der Waals surface area contributed by atoms with E-state index in [-0.39, 0.29) is 5.91 Å². The van der Waals surface area contributed by atoms with Crippen molar-refractivity contribution in [2.75, 3.05) is 24.3 Å². The van der Waals surface area contributed by atoms with E-state index in [1.165, 1.54) is 0 Å². The minimum atomic E-state index is -0.233. The lowest BCUT2D eigenvalue weighted by molar-refractivity contribution is 0.102. The summed E-state index contributed by atoms with van der Waals surface area (Å²) in [7, 11) is 3.95. The van der Waals surface area contributed by atoms with Crippen molar-refractivity contribution in [1.82, 2.24) is 9.97 Å². The molecule has 1 N–H and O–H groups in total. The molecule has 0 aliphatic carbocycles. The van der Waals surface area contributed by atoms with Crippen LogP contribution in [0.3, 0.4) is 0 Å². The van der Waals surface area contributed by atoms with Gasteiger partial charge in [-0.15, -0.1) is 0 Å². The van der Waals surface area contributed by atoms with Crippen molar-refractivity contribution in [2.24, 2.45) is 0 Å². The maximum atomic E-state index is 12.3. The second-order valence-corrected chi connectivity index (χ2v) is 6.54. The van der Waals surface area contributed by atoms with Crippen LogP contribution in [0.2, 0.25) is 5.02 Å². The predicted octanol–water partition coefficient (Wildman–Crippen LogP) is 4.42. The van der Waals surface area contributed by atoms with Crippen LogP contribution in [0.4, 0.5) is 11.5 Å². The third-order valence-corrected chi connectivity index (χ3v) is 4.40. The van der Waals surface area contributed by atoms with Crippen LogP contribution in [0, 0.1) is 6.92 Å². The number of pyridine rings is 2. The van der Waals surface area contributed by atoms with E-state index in [0.29, 0.717) is 16.4 Å². The summed E-state index contributed by atoms with van der Waals surface area (Å²) in [6, 6.07) is 11.3. The summed E-state index contributed by atoms with van der Waals surface area (Å²) >= 11 is 6.33. The lowest BCUT2D eigenvalue weighted by Crippen LogP contribution is -2.14. The van der Waals surface area contributed by atoms with Gasteiger partial charge in [-0.3, -0.25) is 9.78 Å². The number of anilines is 2. The van der Waals surface area contributed by atoms with Gasteiger partial charge in [0.1, 0.15) is 5.82 Å². The summed E-state index contributed by atoms with van der Waals surface area (Å²) in [6.45, 7) is 1.87. The van der Waals surface area contributed by atoms with Gasteiger partial charge in [0.2, 0.25) is 0 Å². The molecule has 0 aliphatic heterocycles. The highest BCUT2D eigenvalue weighted by atomic mass is 35.5. The molecule has 1 amide bonds. The number of aromatic nitrogens is 2. The first kappa shape index (κ1) is 17.9. The molecule has 2 heterocycles. The molecule has 1 aromatic carbocycles. The van der Waals surface area contributed by atoms with Crippen LogP contribution < -0.4 is 10.2 Å². The first-order valence-electron chi connectivity index (χ1n) is 8.11. The second kappa shape index (κ2) is 7.54. The molecule has 26 heavy (non-hydrogen) atoms. The molecule has 0 spiro atoms. The van der Waals surface area contributed by atoms with Crippen molar-refractivity contribution < 1.29 is 4.79 Å². The summed E-state index contributed by atoms with van der Waals surface area (Å²) in [5.41, 5.74) is 4.22. The van der Waals surface area contributed by atoms with Gasteiger partial charge in [0.05, 0.1) is 5.56 Å². The van der Waals surface area contributed by atoms with Crippen LogP contribution in [0.15, 0.2) is 55.0 Å². The fourth-order valence-electron chi connectivity index (χ4n) is 2.53. The molecular formula is C20H19ClN4O. The Morgan fingerprint density at radius 2 is 1.92 bits per heavy atom. The predicted molar refractivity (Wildman–Crippen MR) is 106 cm³/mol. The Labute approximate surface area is 157 Å². The lowest BCUT2D eigenvalue weighted by Gasteiger charge is -2.15. The highest BCUT2D eigenvalue weighted by Gasteiger charge is 2.11. The number of carbonyl (C=O) groups excluding carboxylic acids is 1. The number of nitrogens with zero attached hydrogens (tertiary/aromatic N) is 3. The average molecular weight is 367 g/mol. The number of halogens is 1. The Hall–Kier alpha value is -2.92. The van der Waals surface area contributed by atoms with E-state index in [4.69, 9.17) is 11.6 Å². The Morgan fingerprint density at radius 3 is 2.58 bits per heavy atom. The normalized spacial score (nSPS) is 10.5. The quantitative estimate of drug-likeness (QED) is 0.742. The van der Waals surface area contributed by atoms with Crippen LogP contribution in [-0.2, 0) is 0 Å². The summed E-state index contributed by atoms with van der Waals surface area (Å²) in [5, 5.41) is 3.44. The molecule has 0 saturated heterocycles. The second-order valence-electron chi connectivity index (χ2n) is 6.14. The monoisotopic (exact) mass is 366 g/mol. The zero-order valence-corrected chi connectivity index (χ0v) is 15.6. The van der Waals surface area contributed by atoms with Gasteiger partial charge in [0, 0.05) is 54.5 Å². The topological polar surface area (TPSA) is 58.1 Å². The van der Waals surface area contributed by atoms with Gasteiger partial charge in [-0.05, 0) is 48.9 Å². The summed E-state index contributed by atoms with van der Waals surface area (Å²) in [6.07, 6.45) is 4.91. The molecule has 6 heteroatoms. The Balaban J connectivity index is 1.82. The molecule has 3 rings (SSSR count). The lowest BCUT2D eigenvalue weighted by atomic mass is 10.1. The third-order valence-electron chi connectivity index (χ3n) is 4.07. The number of aryl methyl sites for hydroxylation is 1. The fraction of sp³-hybridized carbons (Fsp3) is 0.150. The molecule has 5 nitrogen and oxygen atoms in total. The van der Waals surface area contributed by atoms with Gasteiger partial charge in [0.25, 0.3) is 5.91 Å². The van der Waals surface area contributed by atoms with E-state index >= 15 is 0 Å². The largest absolute Gasteiger partial charge is 0.378 e. The van der Waals surface area contributed by atoms with Crippen molar-refractivity contribution in [2.45, 2.75) is 6.92 Å². The summed E-state index contributed by atoms with van der Waals surface area (Å²) in [4.78, 5) is 22.7. The number of amides is 1. The van der Waals surface area contributed by atoms with Gasteiger partial charge < -0.3 is 10.2 Å². The number of carbonyl (C=O) groups is 1. The van der Waals surface area contributed by atoms with E-state index in [9.17, 15) is 4.79 Å². The van der Waals surface area contributed by atoms with Crippen LogP contribution in [0.25, 0.3) is 11.1 Å². The van der Waals surface area contributed by atoms with E-state index in [1.54, 1.807) is 30.7 Å². The maximum absolute atomic E-state index is 12.3. The molecule has 0 radical (unpaired) electrons. The van der Waals surface area contributed by atoms with Crippen LogP contribution in [0.1, 0.15) is 15.9 Å². The van der Waals surface area contributed by atoms with Crippen molar-refractivity contribution in [3.8, 4) is 11.1 Å². The summed E-state index contributed by atoms with van der Waals surface area (Å²) < 4.78 is 0. The maximum Gasteiger partial charge on any atom is 0.258 e. The van der Waals surface area contributed by atoms with Gasteiger partial charge in [0.15, 0.2) is 0 Å². The molecule has 0 unspecified atom stereocenters. The number of nitrogens with one attached hydrogen (secondary N) is 1. The molecule has 0 bridgehead atoms.